The van der Waals surface area contributed by atoms with Gasteiger partial charge in [-0.05, 0) is 31.0 Å². The number of nitrogens with zero attached hydrogens (tertiary/aromatic N) is 4. The molecule has 0 spiro atoms. The molecule has 5 nitrogen and oxygen atoms in total. The zero-order chi connectivity index (χ0) is 17.9. The van der Waals surface area contributed by atoms with Crippen molar-refractivity contribution in [3.8, 4) is 17.1 Å². The normalized spacial score (nSPS) is 11.0. The molecule has 0 atom stereocenters. The zero-order valence-electron chi connectivity index (χ0n) is 14.6. The van der Waals surface area contributed by atoms with E-state index in [1.165, 1.54) is 11.1 Å². The van der Waals surface area contributed by atoms with Gasteiger partial charge in [-0.2, -0.15) is 4.98 Å². The van der Waals surface area contributed by atoms with Crippen LogP contribution >= 0.6 is 11.8 Å². The van der Waals surface area contributed by atoms with Crippen molar-refractivity contribution in [2.45, 2.75) is 24.8 Å². The first kappa shape index (κ1) is 16.6. The Balaban J connectivity index is 1.53. The minimum absolute atomic E-state index is 0.571. The number of hydrogen-bond donors (Lipinski definition) is 0. The van der Waals surface area contributed by atoms with Crippen molar-refractivity contribution in [3.05, 3.63) is 77.9 Å². The van der Waals surface area contributed by atoms with Crippen LogP contribution in [0.2, 0.25) is 0 Å². The third-order valence-electron chi connectivity index (χ3n) is 4.27. The van der Waals surface area contributed by atoms with Crippen LogP contribution in [-0.2, 0) is 5.75 Å². The lowest BCUT2D eigenvalue weighted by molar-refractivity contribution is 0.391. The van der Waals surface area contributed by atoms with Crippen molar-refractivity contribution in [2.75, 3.05) is 0 Å². The van der Waals surface area contributed by atoms with Crippen LogP contribution in [0.3, 0.4) is 0 Å². The Morgan fingerprint density at radius 2 is 1.88 bits per heavy atom. The number of rotatable bonds is 5. The van der Waals surface area contributed by atoms with Crippen LogP contribution in [0, 0.1) is 13.8 Å². The molecule has 0 aliphatic rings. The molecule has 0 fully saturated rings. The lowest BCUT2D eigenvalue weighted by Gasteiger charge is -2.11. The van der Waals surface area contributed by atoms with E-state index in [0.717, 1.165) is 16.4 Å². The lowest BCUT2D eigenvalue weighted by atomic mass is 10.1. The standard InChI is InChI=1S/C20H18N4OS/c1-14-7-6-10-17(15(14)2)24-12-11-21-20(24)26-13-18-22-19(23-25-18)16-8-4-3-5-9-16/h3-12H,13H2,1-2H3. The molecular weight excluding hydrogens is 344 g/mol. The summed E-state index contributed by atoms with van der Waals surface area (Å²) in [5, 5.41) is 4.97. The summed E-state index contributed by atoms with van der Waals surface area (Å²) >= 11 is 1.58. The highest BCUT2D eigenvalue weighted by Gasteiger charge is 2.13. The van der Waals surface area contributed by atoms with Crippen LogP contribution in [0.25, 0.3) is 17.1 Å². The molecule has 2 aromatic carbocycles. The molecule has 2 aromatic heterocycles. The van der Waals surface area contributed by atoms with Gasteiger partial charge in [-0.25, -0.2) is 4.98 Å². The largest absolute Gasteiger partial charge is 0.338 e. The molecule has 2 heterocycles. The average molecular weight is 362 g/mol. The highest BCUT2D eigenvalue weighted by Crippen LogP contribution is 2.27. The fourth-order valence-electron chi connectivity index (χ4n) is 2.72. The van der Waals surface area contributed by atoms with Gasteiger partial charge in [0, 0.05) is 18.0 Å². The zero-order valence-corrected chi connectivity index (χ0v) is 15.4. The maximum atomic E-state index is 5.39. The van der Waals surface area contributed by atoms with E-state index < -0.39 is 0 Å². The lowest BCUT2D eigenvalue weighted by Crippen LogP contribution is -1.99. The van der Waals surface area contributed by atoms with Gasteiger partial charge in [-0.15, -0.1) is 0 Å². The van der Waals surface area contributed by atoms with Gasteiger partial charge < -0.3 is 4.52 Å². The van der Waals surface area contributed by atoms with Crippen molar-refractivity contribution in [1.29, 1.82) is 0 Å². The van der Waals surface area contributed by atoms with Gasteiger partial charge >= 0.3 is 0 Å². The topological polar surface area (TPSA) is 56.7 Å². The molecular formula is C20H18N4OS. The summed E-state index contributed by atoms with van der Waals surface area (Å²) in [5.74, 6) is 1.77. The molecule has 4 rings (SSSR count). The SMILES string of the molecule is Cc1cccc(-n2ccnc2SCc2nc(-c3ccccc3)no2)c1C. The molecule has 26 heavy (non-hydrogen) atoms. The summed E-state index contributed by atoms with van der Waals surface area (Å²) in [4.78, 5) is 8.96. The molecule has 0 radical (unpaired) electrons. The number of benzene rings is 2. The van der Waals surface area contributed by atoms with Crippen LogP contribution in [0.4, 0.5) is 0 Å². The number of thioether (sulfide) groups is 1. The Bertz CT molecular complexity index is 1020. The van der Waals surface area contributed by atoms with E-state index in [0.29, 0.717) is 17.5 Å². The maximum absolute atomic E-state index is 5.39. The van der Waals surface area contributed by atoms with Gasteiger partial charge in [0.2, 0.25) is 11.7 Å². The highest BCUT2D eigenvalue weighted by atomic mass is 32.2. The Morgan fingerprint density at radius 3 is 2.73 bits per heavy atom. The van der Waals surface area contributed by atoms with E-state index in [9.17, 15) is 0 Å². The number of hydrogen-bond acceptors (Lipinski definition) is 5. The van der Waals surface area contributed by atoms with Crippen molar-refractivity contribution in [2.24, 2.45) is 0 Å². The second kappa shape index (κ2) is 7.17. The van der Waals surface area contributed by atoms with Crippen molar-refractivity contribution < 1.29 is 4.52 Å². The minimum atomic E-state index is 0.571. The fraction of sp³-hybridized carbons (Fsp3) is 0.150. The van der Waals surface area contributed by atoms with Crippen molar-refractivity contribution in [1.82, 2.24) is 19.7 Å². The first-order valence-corrected chi connectivity index (χ1v) is 9.31. The van der Waals surface area contributed by atoms with E-state index in [2.05, 4.69) is 51.7 Å². The number of imidazole rings is 1. The Kier molecular flexibility index (Phi) is 4.58. The van der Waals surface area contributed by atoms with Gasteiger partial charge in [0.1, 0.15) is 0 Å². The van der Waals surface area contributed by atoms with Gasteiger partial charge in [0.25, 0.3) is 0 Å². The fourth-order valence-corrected chi connectivity index (χ4v) is 3.52. The smallest absolute Gasteiger partial charge is 0.237 e. The van der Waals surface area contributed by atoms with Gasteiger partial charge in [-0.3, -0.25) is 4.57 Å². The second-order valence-electron chi connectivity index (χ2n) is 5.97. The molecule has 0 amide bonds. The summed E-state index contributed by atoms with van der Waals surface area (Å²) in [7, 11) is 0. The quantitative estimate of drug-likeness (QED) is 0.476. The first-order valence-electron chi connectivity index (χ1n) is 8.33. The van der Waals surface area contributed by atoms with E-state index in [1.54, 1.807) is 11.8 Å². The second-order valence-corrected chi connectivity index (χ2v) is 6.91. The molecule has 0 unspecified atom stereocenters. The minimum Gasteiger partial charge on any atom is -0.338 e. The summed E-state index contributed by atoms with van der Waals surface area (Å²) in [6.45, 7) is 4.25. The molecule has 0 aliphatic heterocycles. The predicted octanol–water partition coefficient (Wildman–Crippen LogP) is 4.83. The number of aryl methyl sites for hydroxylation is 1. The molecule has 0 aliphatic carbocycles. The van der Waals surface area contributed by atoms with E-state index in [-0.39, 0.29) is 0 Å². The molecule has 130 valence electrons. The third-order valence-corrected chi connectivity index (χ3v) is 5.22. The highest BCUT2D eigenvalue weighted by molar-refractivity contribution is 7.98. The number of aromatic nitrogens is 4. The summed E-state index contributed by atoms with van der Waals surface area (Å²) in [6, 6.07) is 16.1. The third kappa shape index (κ3) is 3.28. The van der Waals surface area contributed by atoms with Crippen LogP contribution in [0.5, 0.6) is 0 Å². The average Bonchev–Trinajstić information content (AvgIpc) is 3.32. The molecule has 0 saturated carbocycles. The van der Waals surface area contributed by atoms with E-state index in [1.807, 2.05) is 42.7 Å². The first-order chi connectivity index (χ1) is 12.7. The molecule has 0 N–H and O–H groups in total. The van der Waals surface area contributed by atoms with Crippen molar-refractivity contribution >= 4 is 11.8 Å². The van der Waals surface area contributed by atoms with Crippen LogP contribution < -0.4 is 0 Å². The van der Waals surface area contributed by atoms with Crippen LogP contribution in [0.15, 0.2) is 70.6 Å². The summed E-state index contributed by atoms with van der Waals surface area (Å²) in [5.41, 5.74) is 4.60. The van der Waals surface area contributed by atoms with Crippen molar-refractivity contribution in [3.63, 3.8) is 0 Å². The molecule has 6 heteroatoms. The van der Waals surface area contributed by atoms with Crippen LogP contribution in [0.1, 0.15) is 17.0 Å². The van der Waals surface area contributed by atoms with E-state index >= 15 is 0 Å². The Morgan fingerprint density at radius 1 is 1.04 bits per heavy atom. The maximum Gasteiger partial charge on any atom is 0.237 e. The molecule has 0 bridgehead atoms. The monoisotopic (exact) mass is 362 g/mol. The van der Waals surface area contributed by atoms with Crippen LogP contribution in [-0.4, -0.2) is 19.7 Å². The summed E-state index contributed by atoms with van der Waals surface area (Å²) in [6.07, 6.45) is 3.79. The Labute approximate surface area is 156 Å². The van der Waals surface area contributed by atoms with Gasteiger partial charge in [0.15, 0.2) is 5.16 Å². The van der Waals surface area contributed by atoms with Gasteiger partial charge in [0.05, 0.1) is 11.4 Å². The molecule has 0 saturated heterocycles. The van der Waals surface area contributed by atoms with E-state index in [4.69, 9.17) is 4.52 Å². The summed E-state index contributed by atoms with van der Waals surface area (Å²) < 4.78 is 7.49. The molecule has 4 aromatic rings. The van der Waals surface area contributed by atoms with Gasteiger partial charge in [-0.1, -0.05) is 59.4 Å². The Hall–Kier alpha value is -2.86. The predicted molar refractivity (Wildman–Crippen MR) is 102 cm³/mol.